The number of aromatic nitrogens is 3. The molecule has 5 nitrogen and oxygen atoms in total. The molecule has 0 atom stereocenters. The highest BCUT2D eigenvalue weighted by Crippen LogP contribution is 2.25. The van der Waals surface area contributed by atoms with E-state index in [0.29, 0.717) is 5.92 Å². The van der Waals surface area contributed by atoms with Crippen molar-refractivity contribution in [1.29, 1.82) is 0 Å². The van der Waals surface area contributed by atoms with Gasteiger partial charge in [-0.15, -0.1) is 0 Å². The summed E-state index contributed by atoms with van der Waals surface area (Å²) in [7, 11) is 1.96. The van der Waals surface area contributed by atoms with Gasteiger partial charge in [-0.2, -0.15) is 5.10 Å². The number of hydrogen-bond acceptors (Lipinski definition) is 4. The first-order valence-corrected chi connectivity index (χ1v) is 6.94. The minimum Gasteiger partial charge on any atom is -0.381 e. The summed E-state index contributed by atoms with van der Waals surface area (Å²) in [6, 6.07) is 4.18. The Morgan fingerprint density at radius 2 is 2.21 bits per heavy atom. The lowest BCUT2D eigenvalue weighted by atomic mass is 9.96. The molecule has 0 amide bonds. The van der Waals surface area contributed by atoms with Crippen LogP contribution in [0.5, 0.6) is 0 Å². The van der Waals surface area contributed by atoms with Crippen molar-refractivity contribution in [2.75, 3.05) is 26.8 Å². The summed E-state index contributed by atoms with van der Waals surface area (Å²) in [5, 5.41) is 7.85. The SMILES string of the molecule is CNCCc1cn2nc(C3CCOCC3)ccc2n1. The second-order valence-electron chi connectivity index (χ2n) is 5.03. The fourth-order valence-corrected chi connectivity index (χ4v) is 2.53. The quantitative estimate of drug-likeness (QED) is 0.902. The molecule has 19 heavy (non-hydrogen) atoms. The van der Waals surface area contributed by atoms with E-state index in [1.165, 1.54) is 0 Å². The average molecular weight is 260 g/mol. The molecule has 1 aliphatic heterocycles. The molecule has 5 heteroatoms. The molecule has 0 spiro atoms. The van der Waals surface area contributed by atoms with Crippen molar-refractivity contribution in [3.05, 3.63) is 29.7 Å². The topological polar surface area (TPSA) is 51.5 Å². The number of likely N-dealkylation sites (N-methyl/N-ethyl adjacent to an activating group) is 1. The van der Waals surface area contributed by atoms with Crippen LogP contribution in [0.1, 0.15) is 30.1 Å². The minimum absolute atomic E-state index is 0.529. The number of fused-ring (bicyclic) bond motifs is 1. The van der Waals surface area contributed by atoms with E-state index < -0.39 is 0 Å². The Morgan fingerprint density at radius 3 is 3.00 bits per heavy atom. The summed E-state index contributed by atoms with van der Waals surface area (Å²) in [6.07, 6.45) is 5.11. The number of nitrogens with one attached hydrogen (secondary N) is 1. The van der Waals surface area contributed by atoms with Gasteiger partial charge in [0.2, 0.25) is 0 Å². The lowest BCUT2D eigenvalue weighted by Crippen LogP contribution is -2.15. The van der Waals surface area contributed by atoms with Gasteiger partial charge in [-0.3, -0.25) is 0 Å². The average Bonchev–Trinajstić information content (AvgIpc) is 2.87. The monoisotopic (exact) mass is 260 g/mol. The van der Waals surface area contributed by atoms with Gasteiger partial charge >= 0.3 is 0 Å². The van der Waals surface area contributed by atoms with Crippen molar-refractivity contribution in [2.24, 2.45) is 0 Å². The van der Waals surface area contributed by atoms with E-state index in [2.05, 4.69) is 22.4 Å². The van der Waals surface area contributed by atoms with Gasteiger partial charge in [-0.25, -0.2) is 9.50 Å². The van der Waals surface area contributed by atoms with Crippen molar-refractivity contribution in [1.82, 2.24) is 19.9 Å². The number of hydrogen-bond donors (Lipinski definition) is 1. The van der Waals surface area contributed by atoms with Crippen LogP contribution in [-0.4, -0.2) is 41.4 Å². The maximum Gasteiger partial charge on any atom is 0.153 e. The first-order chi connectivity index (χ1) is 9.36. The highest BCUT2D eigenvalue weighted by atomic mass is 16.5. The maximum absolute atomic E-state index is 5.40. The molecule has 1 aliphatic rings. The summed E-state index contributed by atoms with van der Waals surface area (Å²) >= 11 is 0. The lowest BCUT2D eigenvalue weighted by Gasteiger charge is -2.21. The molecule has 1 fully saturated rings. The third-order valence-electron chi connectivity index (χ3n) is 3.66. The van der Waals surface area contributed by atoms with Crippen molar-refractivity contribution in [2.45, 2.75) is 25.2 Å². The second kappa shape index (κ2) is 5.67. The molecule has 0 aromatic carbocycles. The summed E-state index contributed by atoms with van der Waals surface area (Å²) in [6.45, 7) is 2.64. The first kappa shape index (κ1) is 12.6. The number of rotatable bonds is 4. The van der Waals surface area contributed by atoms with Crippen LogP contribution in [0, 0.1) is 0 Å². The zero-order valence-corrected chi connectivity index (χ0v) is 11.3. The molecule has 0 aliphatic carbocycles. The van der Waals surface area contributed by atoms with E-state index in [4.69, 9.17) is 9.84 Å². The molecule has 2 aromatic heterocycles. The Hall–Kier alpha value is -1.46. The minimum atomic E-state index is 0.529. The third kappa shape index (κ3) is 2.77. The Labute approximate surface area is 113 Å². The fraction of sp³-hybridized carbons (Fsp3) is 0.571. The largest absolute Gasteiger partial charge is 0.381 e. The van der Waals surface area contributed by atoms with Gasteiger partial charge in [0.15, 0.2) is 5.65 Å². The van der Waals surface area contributed by atoms with Crippen LogP contribution < -0.4 is 5.32 Å². The molecule has 3 rings (SSSR count). The number of ether oxygens (including phenoxy) is 1. The second-order valence-corrected chi connectivity index (χ2v) is 5.03. The Balaban J connectivity index is 1.83. The first-order valence-electron chi connectivity index (χ1n) is 6.94. The van der Waals surface area contributed by atoms with Gasteiger partial charge in [0.1, 0.15) is 0 Å². The van der Waals surface area contributed by atoms with E-state index in [1.807, 2.05) is 17.8 Å². The van der Waals surface area contributed by atoms with Gasteiger partial charge in [-0.05, 0) is 32.0 Å². The van der Waals surface area contributed by atoms with Gasteiger partial charge < -0.3 is 10.1 Å². The molecular formula is C14H20N4O. The molecule has 0 saturated carbocycles. The van der Waals surface area contributed by atoms with Crippen LogP contribution in [0.25, 0.3) is 5.65 Å². The predicted molar refractivity (Wildman–Crippen MR) is 73.4 cm³/mol. The van der Waals surface area contributed by atoms with E-state index in [-0.39, 0.29) is 0 Å². The van der Waals surface area contributed by atoms with Gasteiger partial charge in [0, 0.05) is 32.1 Å². The Kier molecular flexibility index (Phi) is 3.75. The Bertz CT molecular complexity index is 545. The van der Waals surface area contributed by atoms with Gasteiger partial charge in [0.05, 0.1) is 17.6 Å². The number of nitrogens with zero attached hydrogens (tertiary/aromatic N) is 3. The molecule has 1 N–H and O–H groups in total. The lowest BCUT2D eigenvalue weighted by molar-refractivity contribution is 0.0843. The van der Waals surface area contributed by atoms with E-state index in [1.54, 1.807) is 0 Å². The number of imidazole rings is 1. The maximum atomic E-state index is 5.40. The fourth-order valence-electron chi connectivity index (χ4n) is 2.53. The highest BCUT2D eigenvalue weighted by molar-refractivity contribution is 5.39. The van der Waals surface area contributed by atoms with Gasteiger partial charge in [-0.1, -0.05) is 0 Å². The van der Waals surface area contributed by atoms with Gasteiger partial charge in [0.25, 0.3) is 0 Å². The normalized spacial score (nSPS) is 17.1. The van der Waals surface area contributed by atoms with Crippen LogP contribution in [0.4, 0.5) is 0 Å². The van der Waals surface area contributed by atoms with E-state index in [0.717, 1.165) is 56.1 Å². The molecule has 3 heterocycles. The van der Waals surface area contributed by atoms with E-state index >= 15 is 0 Å². The summed E-state index contributed by atoms with van der Waals surface area (Å²) in [5.74, 6) is 0.529. The zero-order chi connectivity index (χ0) is 13.1. The molecule has 102 valence electrons. The molecule has 0 radical (unpaired) electrons. The predicted octanol–water partition coefficient (Wildman–Crippen LogP) is 1.39. The standard InChI is InChI=1S/C14H20N4O/c1-15-7-4-12-10-18-14(16-12)3-2-13(17-18)11-5-8-19-9-6-11/h2-3,10-11,15H,4-9H2,1H3. The molecular weight excluding hydrogens is 240 g/mol. The van der Waals surface area contributed by atoms with Crippen LogP contribution >= 0.6 is 0 Å². The van der Waals surface area contributed by atoms with Crippen LogP contribution in [0.2, 0.25) is 0 Å². The molecule has 1 saturated heterocycles. The van der Waals surface area contributed by atoms with Crippen LogP contribution in [0.15, 0.2) is 18.3 Å². The summed E-state index contributed by atoms with van der Waals surface area (Å²) in [5.41, 5.74) is 3.18. The van der Waals surface area contributed by atoms with Crippen molar-refractivity contribution in [3.8, 4) is 0 Å². The summed E-state index contributed by atoms with van der Waals surface area (Å²) < 4.78 is 7.32. The van der Waals surface area contributed by atoms with Crippen LogP contribution in [-0.2, 0) is 11.2 Å². The Morgan fingerprint density at radius 1 is 1.37 bits per heavy atom. The van der Waals surface area contributed by atoms with Crippen molar-refractivity contribution >= 4 is 5.65 Å². The third-order valence-corrected chi connectivity index (χ3v) is 3.66. The van der Waals surface area contributed by atoms with Crippen LogP contribution in [0.3, 0.4) is 0 Å². The summed E-state index contributed by atoms with van der Waals surface area (Å²) in [4.78, 5) is 4.57. The highest BCUT2D eigenvalue weighted by Gasteiger charge is 2.17. The van der Waals surface area contributed by atoms with Crippen molar-refractivity contribution in [3.63, 3.8) is 0 Å². The molecule has 0 unspecified atom stereocenters. The molecule has 0 bridgehead atoms. The van der Waals surface area contributed by atoms with Crippen molar-refractivity contribution < 1.29 is 4.74 Å². The van der Waals surface area contributed by atoms with E-state index in [9.17, 15) is 0 Å². The molecule has 2 aromatic rings. The zero-order valence-electron chi connectivity index (χ0n) is 11.3. The smallest absolute Gasteiger partial charge is 0.153 e.